The van der Waals surface area contributed by atoms with Gasteiger partial charge < -0.3 is 11.1 Å². The molecule has 1 fully saturated rings. The van der Waals surface area contributed by atoms with Crippen molar-refractivity contribution in [1.82, 2.24) is 0 Å². The van der Waals surface area contributed by atoms with Crippen molar-refractivity contribution in [2.45, 2.75) is 25.7 Å². The number of hydrogen-bond donors (Lipinski definition) is 2. The number of thiocarbonyl (C=S) groups is 1. The van der Waals surface area contributed by atoms with E-state index in [1.807, 2.05) is 18.2 Å². The monoisotopic (exact) mass is 268 g/mol. The smallest absolute Gasteiger partial charge is 0.107 e. The third-order valence-corrected chi connectivity index (χ3v) is 3.58. The van der Waals surface area contributed by atoms with Crippen LogP contribution in [-0.2, 0) is 0 Å². The van der Waals surface area contributed by atoms with Crippen molar-refractivity contribution in [3.63, 3.8) is 0 Å². The van der Waals surface area contributed by atoms with Gasteiger partial charge in [-0.1, -0.05) is 42.7 Å². The van der Waals surface area contributed by atoms with Gasteiger partial charge in [-0.25, -0.2) is 0 Å². The zero-order valence-electron chi connectivity index (χ0n) is 9.71. The van der Waals surface area contributed by atoms with Crippen molar-refractivity contribution in [2.24, 2.45) is 11.7 Å². The normalized spacial score (nSPS) is 14.6. The Labute approximate surface area is 113 Å². The van der Waals surface area contributed by atoms with Gasteiger partial charge in [-0.15, -0.1) is 0 Å². The van der Waals surface area contributed by atoms with Crippen LogP contribution in [-0.4, -0.2) is 11.5 Å². The molecule has 0 atom stereocenters. The lowest BCUT2D eigenvalue weighted by Gasteiger charge is -2.12. The highest BCUT2D eigenvalue weighted by Crippen LogP contribution is 2.33. The van der Waals surface area contributed by atoms with Crippen LogP contribution < -0.4 is 11.1 Å². The van der Waals surface area contributed by atoms with E-state index in [1.54, 1.807) is 0 Å². The summed E-state index contributed by atoms with van der Waals surface area (Å²) in [7, 11) is 0. The summed E-state index contributed by atoms with van der Waals surface area (Å²) >= 11 is 11.1. The molecule has 0 aromatic heterocycles. The van der Waals surface area contributed by atoms with Crippen molar-refractivity contribution >= 4 is 34.5 Å². The summed E-state index contributed by atoms with van der Waals surface area (Å²) in [6, 6.07) is 5.69. The predicted octanol–water partition coefficient (Wildman–Crippen LogP) is 3.58. The number of nitrogens with two attached hydrogens (primary N) is 1. The van der Waals surface area contributed by atoms with Gasteiger partial charge in [0, 0.05) is 12.2 Å². The highest BCUT2D eigenvalue weighted by atomic mass is 35.5. The minimum absolute atomic E-state index is 0.347. The van der Waals surface area contributed by atoms with Crippen molar-refractivity contribution in [3.05, 3.63) is 28.8 Å². The Kier molecular flexibility index (Phi) is 4.24. The number of halogens is 1. The first-order chi connectivity index (χ1) is 8.18. The summed E-state index contributed by atoms with van der Waals surface area (Å²) < 4.78 is 0. The molecule has 0 heterocycles. The lowest BCUT2D eigenvalue weighted by Crippen LogP contribution is -2.14. The molecule has 0 radical (unpaired) electrons. The maximum atomic E-state index is 6.09. The Bertz CT molecular complexity index is 416. The number of hydrogen-bond acceptors (Lipinski definition) is 2. The molecule has 3 N–H and O–H groups in total. The molecule has 0 amide bonds. The lowest BCUT2D eigenvalue weighted by molar-refractivity contribution is 0.687. The Hall–Kier alpha value is -0.800. The van der Waals surface area contributed by atoms with E-state index >= 15 is 0 Å². The van der Waals surface area contributed by atoms with Crippen LogP contribution >= 0.6 is 23.8 Å². The third-order valence-electron chi connectivity index (χ3n) is 3.06. The Morgan fingerprint density at radius 2 is 2.24 bits per heavy atom. The van der Waals surface area contributed by atoms with E-state index in [0.717, 1.165) is 23.7 Å². The molecule has 1 aliphatic carbocycles. The van der Waals surface area contributed by atoms with E-state index in [1.165, 1.54) is 25.7 Å². The van der Waals surface area contributed by atoms with E-state index in [4.69, 9.17) is 29.6 Å². The van der Waals surface area contributed by atoms with E-state index in [9.17, 15) is 0 Å². The Balaban J connectivity index is 1.93. The van der Waals surface area contributed by atoms with E-state index in [2.05, 4.69) is 5.32 Å². The number of rotatable bonds is 6. The molecule has 2 rings (SSSR count). The van der Waals surface area contributed by atoms with Crippen molar-refractivity contribution in [2.75, 3.05) is 11.9 Å². The molecular formula is C13H17ClN2S. The van der Waals surface area contributed by atoms with Gasteiger partial charge in [-0.3, -0.25) is 0 Å². The average Bonchev–Trinajstić information content (AvgIpc) is 3.07. The third kappa shape index (κ3) is 3.58. The van der Waals surface area contributed by atoms with Gasteiger partial charge in [0.2, 0.25) is 0 Å². The first kappa shape index (κ1) is 12.7. The first-order valence-corrected chi connectivity index (χ1v) is 6.79. The van der Waals surface area contributed by atoms with Crippen LogP contribution in [0.4, 0.5) is 5.69 Å². The Morgan fingerprint density at radius 3 is 2.88 bits per heavy atom. The molecule has 4 heteroatoms. The van der Waals surface area contributed by atoms with Crippen LogP contribution in [0, 0.1) is 5.92 Å². The second-order valence-corrected chi connectivity index (χ2v) is 5.39. The minimum atomic E-state index is 0.347. The molecular weight excluding hydrogens is 252 g/mol. The van der Waals surface area contributed by atoms with E-state index in [-0.39, 0.29) is 0 Å². The molecule has 0 aliphatic heterocycles. The summed E-state index contributed by atoms with van der Waals surface area (Å²) in [6.45, 7) is 0.951. The lowest BCUT2D eigenvalue weighted by atomic mass is 10.1. The maximum Gasteiger partial charge on any atom is 0.107 e. The summed E-state index contributed by atoms with van der Waals surface area (Å²) in [5, 5.41) is 3.98. The second kappa shape index (κ2) is 5.69. The van der Waals surface area contributed by atoms with Gasteiger partial charge in [-0.2, -0.15) is 0 Å². The fourth-order valence-corrected chi connectivity index (χ4v) is 2.49. The zero-order valence-corrected chi connectivity index (χ0v) is 11.3. The number of benzene rings is 1. The van der Waals surface area contributed by atoms with Gasteiger partial charge in [-0.05, 0) is 30.9 Å². The molecule has 2 nitrogen and oxygen atoms in total. The van der Waals surface area contributed by atoms with Gasteiger partial charge in [0.25, 0.3) is 0 Å². The Morgan fingerprint density at radius 1 is 1.47 bits per heavy atom. The average molecular weight is 269 g/mol. The van der Waals surface area contributed by atoms with Crippen LogP contribution in [0.5, 0.6) is 0 Å². The molecule has 0 bridgehead atoms. The van der Waals surface area contributed by atoms with Gasteiger partial charge in [0.1, 0.15) is 4.99 Å². The topological polar surface area (TPSA) is 38.0 Å². The molecule has 1 aromatic rings. The molecule has 1 aromatic carbocycles. The first-order valence-electron chi connectivity index (χ1n) is 6.00. The highest BCUT2D eigenvalue weighted by molar-refractivity contribution is 7.80. The molecule has 1 aliphatic rings. The van der Waals surface area contributed by atoms with E-state index < -0.39 is 0 Å². The van der Waals surface area contributed by atoms with Crippen molar-refractivity contribution in [1.29, 1.82) is 0 Å². The largest absolute Gasteiger partial charge is 0.389 e. The SMILES string of the molecule is NC(=S)c1c(Cl)cccc1NCCCC1CC1. The van der Waals surface area contributed by atoms with Gasteiger partial charge >= 0.3 is 0 Å². The second-order valence-electron chi connectivity index (χ2n) is 4.54. The standard InChI is InChI=1S/C13H17ClN2S/c14-10-4-1-5-11(12(10)13(15)17)16-8-2-3-9-6-7-9/h1,4-5,9,16H,2-3,6-8H2,(H2,15,17). The van der Waals surface area contributed by atoms with Crippen molar-refractivity contribution in [3.8, 4) is 0 Å². The van der Waals surface area contributed by atoms with Crippen LogP contribution in [0.25, 0.3) is 0 Å². The highest BCUT2D eigenvalue weighted by Gasteiger charge is 2.20. The molecule has 92 valence electrons. The summed E-state index contributed by atoms with van der Waals surface area (Å²) in [6.07, 6.45) is 5.33. The quantitative estimate of drug-likeness (QED) is 0.612. The van der Waals surface area contributed by atoms with Gasteiger partial charge in [0.15, 0.2) is 0 Å². The molecule has 0 saturated heterocycles. The van der Waals surface area contributed by atoms with Crippen LogP contribution in [0.2, 0.25) is 5.02 Å². The van der Waals surface area contributed by atoms with Crippen LogP contribution in [0.1, 0.15) is 31.2 Å². The molecule has 1 saturated carbocycles. The fraction of sp³-hybridized carbons (Fsp3) is 0.462. The zero-order chi connectivity index (χ0) is 12.3. The van der Waals surface area contributed by atoms with Gasteiger partial charge in [0.05, 0.1) is 10.6 Å². The summed E-state index contributed by atoms with van der Waals surface area (Å²) in [5.41, 5.74) is 7.39. The number of anilines is 1. The number of nitrogens with one attached hydrogen (secondary N) is 1. The van der Waals surface area contributed by atoms with Crippen LogP contribution in [0.3, 0.4) is 0 Å². The van der Waals surface area contributed by atoms with E-state index in [0.29, 0.717) is 10.0 Å². The molecule has 17 heavy (non-hydrogen) atoms. The van der Waals surface area contributed by atoms with Crippen molar-refractivity contribution < 1.29 is 0 Å². The summed E-state index contributed by atoms with van der Waals surface area (Å²) in [5.74, 6) is 0.978. The predicted molar refractivity (Wildman–Crippen MR) is 77.8 cm³/mol. The minimum Gasteiger partial charge on any atom is -0.389 e. The van der Waals surface area contributed by atoms with Crippen LogP contribution in [0.15, 0.2) is 18.2 Å². The molecule has 0 unspecified atom stereocenters. The summed E-state index contributed by atoms with van der Waals surface area (Å²) in [4.78, 5) is 0.347. The maximum absolute atomic E-state index is 6.09. The molecule has 0 spiro atoms. The fourth-order valence-electron chi connectivity index (χ4n) is 1.94.